The summed E-state index contributed by atoms with van der Waals surface area (Å²) in [6.45, 7) is 6.05. The fraction of sp³-hybridized carbons (Fsp3) is 0.333. The van der Waals surface area contributed by atoms with E-state index in [1.54, 1.807) is 14.0 Å². The molecule has 0 atom stereocenters. The quantitative estimate of drug-likeness (QED) is 0.783. The molecule has 0 bridgehead atoms. The number of hydrogen-bond donors (Lipinski definition) is 1. The fourth-order valence-corrected chi connectivity index (χ4v) is 2.22. The standard InChI is InChI=1S/C12H18N2O2S/c1-11(2)9-13-17(15,16)14(3)10-12-7-5-4-6-8-12/h4-8,13H,1,9-10H2,2-3H3. The van der Waals surface area contributed by atoms with E-state index in [0.29, 0.717) is 6.54 Å². The van der Waals surface area contributed by atoms with Crippen molar-refractivity contribution in [3.63, 3.8) is 0 Å². The van der Waals surface area contributed by atoms with Crippen LogP contribution in [0.15, 0.2) is 42.5 Å². The summed E-state index contributed by atoms with van der Waals surface area (Å²) in [5.41, 5.74) is 1.73. The van der Waals surface area contributed by atoms with Gasteiger partial charge in [0.2, 0.25) is 0 Å². The molecule has 0 spiro atoms. The van der Waals surface area contributed by atoms with Gasteiger partial charge in [-0.05, 0) is 12.5 Å². The second-order valence-corrected chi connectivity index (χ2v) is 5.89. The Balaban J connectivity index is 2.63. The lowest BCUT2D eigenvalue weighted by molar-refractivity contribution is 0.457. The first-order valence-electron chi connectivity index (χ1n) is 5.31. The largest absolute Gasteiger partial charge is 0.279 e. The highest BCUT2D eigenvalue weighted by Crippen LogP contribution is 2.05. The molecule has 1 rings (SSSR count). The van der Waals surface area contributed by atoms with Gasteiger partial charge in [0.15, 0.2) is 0 Å². The Morgan fingerprint density at radius 1 is 1.35 bits per heavy atom. The SMILES string of the molecule is C=C(C)CNS(=O)(=O)N(C)Cc1ccccc1. The van der Waals surface area contributed by atoms with Crippen LogP contribution in [0.1, 0.15) is 12.5 Å². The second kappa shape index (κ2) is 5.95. The lowest BCUT2D eigenvalue weighted by Crippen LogP contribution is -2.38. The summed E-state index contributed by atoms with van der Waals surface area (Å²) in [7, 11) is -1.88. The maximum absolute atomic E-state index is 11.8. The Morgan fingerprint density at radius 3 is 2.47 bits per heavy atom. The van der Waals surface area contributed by atoms with Crippen molar-refractivity contribution >= 4 is 10.2 Å². The Morgan fingerprint density at radius 2 is 1.94 bits per heavy atom. The van der Waals surface area contributed by atoms with Crippen LogP contribution in [-0.2, 0) is 16.8 Å². The molecule has 0 radical (unpaired) electrons. The molecule has 4 nitrogen and oxygen atoms in total. The molecule has 0 aliphatic heterocycles. The highest BCUT2D eigenvalue weighted by atomic mass is 32.2. The minimum atomic E-state index is -3.43. The van der Waals surface area contributed by atoms with E-state index in [4.69, 9.17) is 0 Å². The van der Waals surface area contributed by atoms with Crippen molar-refractivity contribution in [2.45, 2.75) is 13.5 Å². The van der Waals surface area contributed by atoms with Gasteiger partial charge in [-0.15, -0.1) is 0 Å². The number of nitrogens with one attached hydrogen (secondary N) is 1. The molecule has 94 valence electrons. The van der Waals surface area contributed by atoms with E-state index in [2.05, 4.69) is 11.3 Å². The van der Waals surface area contributed by atoms with Crippen molar-refractivity contribution in [1.82, 2.24) is 9.03 Å². The van der Waals surface area contributed by atoms with Gasteiger partial charge in [-0.25, -0.2) is 0 Å². The first-order valence-corrected chi connectivity index (χ1v) is 6.75. The Hall–Kier alpha value is -1.17. The predicted molar refractivity (Wildman–Crippen MR) is 69.6 cm³/mol. The molecule has 0 aliphatic rings. The minimum absolute atomic E-state index is 0.265. The van der Waals surface area contributed by atoms with Crippen LogP contribution >= 0.6 is 0 Å². The van der Waals surface area contributed by atoms with E-state index < -0.39 is 10.2 Å². The average molecular weight is 254 g/mol. The van der Waals surface area contributed by atoms with E-state index >= 15 is 0 Å². The Bertz CT molecular complexity index is 469. The molecule has 0 amide bonds. The molecule has 1 aromatic rings. The predicted octanol–water partition coefficient (Wildman–Crippen LogP) is 1.53. The van der Waals surface area contributed by atoms with Crippen molar-refractivity contribution in [1.29, 1.82) is 0 Å². The van der Waals surface area contributed by atoms with E-state index in [1.165, 1.54) is 4.31 Å². The van der Waals surface area contributed by atoms with E-state index in [-0.39, 0.29) is 6.54 Å². The van der Waals surface area contributed by atoms with Crippen LogP contribution in [0.2, 0.25) is 0 Å². The number of nitrogens with zero attached hydrogens (tertiary/aromatic N) is 1. The van der Waals surface area contributed by atoms with Gasteiger partial charge in [-0.3, -0.25) is 0 Å². The van der Waals surface area contributed by atoms with E-state index in [1.807, 2.05) is 30.3 Å². The van der Waals surface area contributed by atoms with Crippen LogP contribution < -0.4 is 4.72 Å². The summed E-state index contributed by atoms with van der Waals surface area (Å²) >= 11 is 0. The van der Waals surface area contributed by atoms with Crippen LogP contribution in [0.3, 0.4) is 0 Å². The summed E-state index contributed by atoms with van der Waals surface area (Å²) in [5, 5.41) is 0. The van der Waals surface area contributed by atoms with Gasteiger partial charge >= 0.3 is 0 Å². The van der Waals surface area contributed by atoms with Crippen LogP contribution in [0, 0.1) is 0 Å². The third-order valence-electron chi connectivity index (χ3n) is 2.21. The zero-order valence-electron chi connectivity index (χ0n) is 10.2. The normalized spacial score (nSPS) is 11.7. The average Bonchev–Trinajstić information content (AvgIpc) is 2.28. The van der Waals surface area contributed by atoms with Gasteiger partial charge in [0.05, 0.1) is 0 Å². The topological polar surface area (TPSA) is 49.4 Å². The molecule has 1 aromatic carbocycles. The number of benzene rings is 1. The van der Waals surface area contributed by atoms with Gasteiger partial charge in [-0.1, -0.05) is 42.5 Å². The maximum atomic E-state index is 11.8. The highest BCUT2D eigenvalue weighted by Gasteiger charge is 2.16. The molecule has 0 saturated carbocycles. The van der Waals surface area contributed by atoms with Gasteiger partial charge in [-0.2, -0.15) is 17.4 Å². The molecule has 0 saturated heterocycles. The van der Waals surface area contributed by atoms with Crippen molar-refractivity contribution < 1.29 is 8.42 Å². The summed E-state index contributed by atoms with van der Waals surface area (Å²) in [4.78, 5) is 0. The van der Waals surface area contributed by atoms with Crippen LogP contribution in [0.25, 0.3) is 0 Å². The number of hydrogen-bond acceptors (Lipinski definition) is 2. The lowest BCUT2D eigenvalue weighted by atomic mass is 10.2. The van der Waals surface area contributed by atoms with Crippen molar-refractivity contribution in [2.24, 2.45) is 0 Å². The van der Waals surface area contributed by atoms with Crippen molar-refractivity contribution in [2.75, 3.05) is 13.6 Å². The Kier molecular flexibility index (Phi) is 4.86. The second-order valence-electron chi connectivity index (χ2n) is 4.02. The summed E-state index contributed by atoms with van der Waals surface area (Å²) in [5.74, 6) is 0. The molecule has 0 fully saturated rings. The van der Waals surface area contributed by atoms with E-state index in [9.17, 15) is 8.42 Å². The van der Waals surface area contributed by atoms with Crippen LogP contribution in [0.5, 0.6) is 0 Å². The lowest BCUT2D eigenvalue weighted by Gasteiger charge is -2.17. The summed E-state index contributed by atoms with van der Waals surface area (Å²) < 4.78 is 27.4. The molecule has 0 aromatic heterocycles. The molecule has 0 heterocycles. The zero-order valence-corrected chi connectivity index (χ0v) is 11.0. The number of rotatable bonds is 6. The van der Waals surface area contributed by atoms with Gasteiger partial charge in [0, 0.05) is 20.1 Å². The Labute approximate surface area is 103 Å². The highest BCUT2D eigenvalue weighted by molar-refractivity contribution is 7.87. The maximum Gasteiger partial charge on any atom is 0.279 e. The third kappa shape index (κ3) is 4.68. The zero-order chi connectivity index (χ0) is 12.9. The molecular formula is C12H18N2O2S. The summed E-state index contributed by atoms with van der Waals surface area (Å²) in [6.07, 6.45) is 0. The van der Waals surface area contributed by atoms with Crippen LogP contribution in [0.4, 0.5) is 0 Å². The third-order valence-corrected chi connectivity index (χ3v) is 3.67. The molecule has 5 heteroatoms. The van der Waals surface area contributed by atoms with Crippen molar-refractivity contribution in [3.05, 3.63) is 48.0 Å². The van der Waals surface area contributed by atoms with Crippen molar-refractivity contribution in [3.8, 4) is 0 Å². The summed E-state index contributed by atoms with van der Waals surface area (Å²) in [6, 6.07) is 9.46. The first kappa shape index (κ1) is 13.9. The minimum Gasteiger partial charge on any atom is -0.198 e. The monoisotopic (exact) mass is 254 g/mol. The molecule has 1 N–H and O–H groups in total. The molecule has 0 aliphatic carbocycles. The first-order chi connectivity index (χ1) is 7.92. The molecule has 17 heavy (non-hydrogen) atoms. The van der Waals surface area contributed by atoms with Gasteiger partial charge in [0.1, 0.15) is 0 Å². The molecular weight excluding hydrogens is 236 g/mol. The van der Waals surface area contributed by atoms with Gasteiger partial charge < -0.3 is 0 Å². The smallest absolute Gasteiger partial charge is 0.198 e. The van der Waals surface area contributed by atoms with Gasteiger partial charge in [0.25, 0.3) is 10.2 Å². The fourth-order valence-electron chi connectivity index (χ4n) is 1.25. The van der Waals surface area contributed by atoms with E-state index in [0.717, 1.165) is 11.1 Å². The molecule has 0 unspecified atom stereocenters. The van der Waals surface area contributed by atoms with Crippen LogP contribution in [-0.4, -0.2) is 26.3 Å².